The number of thiol groups is 1. The monoisotopic (exact) mass is 387 g/mol. The minimum atomic E-state index is -0.408. The largest absolute Gasteiger partial charge is 0.449 e. The standard InChI is InChI=1S/C24H21NO2S/c26-24(25-14-6-8-17-7-5-9-18(28)15-17)27-16-23-21-12-3-1-10-19(21)20-11-2-4-13-22(20)23/h1-13,15,23,28H,14,16H2,(H,25,26). The maximum Gasteiger partial charge on any atom is 0.407 e. The van der Waals surface area contributed by atoms with Crippen LogP contribution in [0.2, 0.25) is 0 Å². The molecule has 1 amide bonds. The maximum absolute atomic E-state index is 12.1. The van der Waals surface area contributed by atoms with Gasteiger partial charge in [-0.3, -0.25) is 0 Å². The molecule has 4 heteroatoms. The van der Waals surface area contributed by atoms with Crippen LogP contribution in [0.3, 0.4) is 0 Å². The summed E-state index contributed by atoms with van der Waals surface area (Å²) < 4.78 is 5.51. The zero-order chi connectivity index (χ0) is 19.3. The smallest absolute Gasteiger partial charge is 0.407 e. The lowest BCUT2D eigenvalue weighted by molar-refractivity contribution is 0.144. The summed E-state index contributed by atoms with van der Waals surface area (Å²) in [4.78, 5) is 13.0. The van der Waals surface area contributed by atoms with Crippen LogP contribution in [0.15, 0.2) is 83.8 Å². The van der Waals surface area contributed by atoms with Crippen molar-refractivity contribution in [1.29, 1.82) is 0 Å². The summed E-state index contributed by atoms with van der Waals surface area (Å²) >= 11 is 4.32. The van der Waals surface area contributed by atoms with E-state index in [0.29, 0.717) is 13.2 Å². The molecule has 0 heterocycles. The number of nitrogens with one attached hydrogen (secondary N) is 1. The molecule has 0 saturated carbocycles. The molecule has 4 rings (SSSR count). The lowest BCUT2D eigenvalue weighted by atomic mass is 9.98. The molecule has 0 unspecified atom stereocenters. The van der Waals surface area contributed by atoms with E-state index >= 15 is 0 Å². The summed E-state index contributed by atoms with van der Waals surface area (Å²) in [5, 5.41) is 2.77. The fraction of sp³-hybridized carbons (Fsp3) is 0.125. The van der Waals surface area contributed by atoms with Crippen molar-refractivity contribution in [3.8, 4) is 11.1 Å². The molecule has 3 nitrogen and oxygen atoms in total. The topological polar surface area (TPSA) is 38.3 Å². The summed E-state index contributed by atoms with van der Waals surface area (Å²) in [5.41, 5.74) is 5.91. The molecule has 1 aliphatic rings. The molecule has 1 N–H and O–H groups in total. The maximum atomic E-state index is 12.1. The van der Waals surface area contributed by atoms with E-state index in [1.165, 1.54) is 22.3 Å². The third-order valence-electron chi connectivity index (χ3n) is 4.89. The van der Waals surface area contributed by atoms with E-state index in [2.05, 4.69) is 42.2 Å². The van der Waals surface area contributed by atoms with Crippen molar-refractivity contribution in [2.45, 2.75) is 10.8 Å². The van der Waals surface area contributed by atoms with Gasteiger partial charge in [-0.2, -0.15) is 0 Å². The van der Waals surface area contributed by atoms with Crippen molar-refractivity contribution in [3.63, 3.8) is 0 Å². The molecular weight excluding hydrogens is 366 g/mol. The van der Waals surface area contributed by atoms with E-state index in [1.807, 2.05) is 60.7 Å². The number of benzene rings is 3. The molecule has 140 valence electrons. The number of hydrogen-bond donors (Lipinski definition) is 2. The van der Waals surface area contributed by atoms with Gasteiger partial charge in [-0.1, -0.05) is 72.8 Å². The molecule has 1 aliphatic carbocycles. The zero-order valence-corrected chi connectivity index (χ0v) is 16.2. The minimum Gasteiger partial charge on any atom is -0.449 e. The van der Waals surface area contributed by atoms with Crippen LogP contribution >= 0.6 is 12.6 Å². The van der Waals surface area contributed by atoms with E-state index in [9.17, 15) is 4.79 Å². The number of fused-ring (bicyclic) bond motifs is 3. The van der Waals surface area contributed by atoms with Crippen LogP contribution in [0.1, 0.15) is 22.6 Å². The molecule has 28 heavy (non-hydrogen) atoms. The molecule has 0 radical (unpaired) electrons. The van der Waals surface area contributed by atoms with Crippen molar-refractivity contribution in [2.75, 3.05) is 13.2 Å². The van der Waals surface area contributed by atoms with Crippen molar-refractivity contribution < 1.29 is 9.53 Å². The van der Waals surface area contributed by atoms with Crippen molar-refractivity contribution in [3.05, 3.63) is 95.6 Å². The third kappa shape index (κ3) is 3.97. The van der Waals surface area contributed by atoms with Gasteiger partial charge in [-0.25, -0.2) is 4.79 Å². The number of carbonyl (C=O) groups excluding carboxylic acids is 1. The van der Waals surface area contributed by atoms with E-state index in [4.69, 9.17) is 4.74 Å². The first kappa shape index (κ1) is 18.4. The predicted molar refractivity (Wildman–Crippen MR) is 116 cm³/mol. The average Bonchev–Trinajstić information content (AvgIpc) is 3.04. The van der Waals surface area contributed by atoms with Crippen LogP contribution in [0.25, 0.3) is 17.2 Å². The molecule has 0 aromatic heterocycles. The Morgan fingerprint density at radius 1 is 0.964 bits per heavy atom. The molecule has 0 bridgehead atoms. The first-order valence-corrected chi connectivity index (χ1v) is 9.71. The molecule has 0 aliphatic heterocycles. The highest BCUT2D eigenvalue weighted by Crippen LogP contribution is 2.44. The Hall–Kier alpha value is -2.98. The van der Waals surface area contributed by atoms with Gasteiger partial charge in [0.2, 0.25) is 0 Å². The van der Waals surface area contributed by atoms with Crippen molar-refractivity contribution >= 4 is 24.8 Å². The third-order valence-corrected chi connectivity index (χ3v) is 5.17. The van der Waals surface area contributed by atoms with Crippen LogP contribution in [-0.4, -0.2) is 19.2 Å². The summed E-state index contributed by atoms with van der Waals surface area (Å²) in [6, 6.07) is 24.4. The van der Waals surface area contributed by atoms with Gasteiger partial charge in [0, 0.05) is 17.4 Å². The van der Waals surface area contributed by atoms with Gasteiger partial charge in [-0.15, -0.1) is 12.6 Å². The van der Waals surface area contributed by atoms with Gasteiger partial charge in [0.1, 0.15) is 6.61 Å². The highest BCUT2D eigenvalue weighted by atomic mass is 32.1. The molecule has 3 aromatic carbocycles. The molecule has 0 saturated heterocycles. The van der Waals surface area contributed by atoms with Crippen LogP contribution in [-0.2, 0) is 4.74 Å². The normalized spacial score (nSPS) is 12.6. The number of amides is 1. The summed E-state index contributed by atoms with van der Waals surface area (Å²) in [7, 11) is 0. The first-order valence-electron chi connectivity index (χ1n) is 9.27. The van der Waals surface area contributed by atoms with Crippen LogP contribution < -0.4 is 5.32 Å². The highest BCUT2D eigenvalue weighted by molar-refractivity contribution is 7.80. The fourth-order valence-electron chi connectivity index (χ4n) is 3.62. The first-order chi connectivity index (χ1) is 13.7. The summed E-state index contributed by atoms with van der Waals surface area (Å²) in [5.74, 6) is 0.0758. The zero-order valence-electron chi connectivity index (χ0n) is 15.3. The Balaban J connectivity index is 1.34. The number of hydrogen-bond acceptors (Lipinski definition) is 3. The quantitative estimate of drug-likeness (QED) is 0.565. The van der Waals surface area contributed by atoms with Gasteiger partial charge >= 0.3 is 6.09 Å². The van der Waals surface area contributed by atoms with E-state index in [-0.39, 0.29) is 5.92 Å². The van der Waals surface area contributed by atoms with E-state index in [0.717, 1.165) is 10.5 Å². The molecule has 0 fully saturated rings. The van der Waals surface area contributed by atoms with Crippen molar-refractivity contribution in [1.82, 2.24) is 5.32 Å². The van der Waals surface area contributed by atoms with E-state index in [1.54, 1.807) is 0 Å². The SMILES string of the molecule is O=C(NCC=Cc1cccc(S)c1)OCC1c2ccccc2-c2ccccc21. The van der Waals surface area contributed by atoms with Gasteiger partial charge in [0.15, 0.2) is 0 Å². The molecule has 0 atom stereocenters. The van der Waals surface area contributed by atoms with Crippen LogP contribution in [0, 0.1) is 0 Å². The number of rotatable bonds is 5. The highest BCUT2D eigenvalue weighted by Gasteiger charge is 2.28. The number of carbonyl (C=O) groups is 1. The Kier molecular flexibility index (Phi) is 5.49. The second-order valence-electron chi connectivity index (χ2n) is 6.70. The number of ether oxygens (including phenoxy) is 1. The Morgan fingerprint density at radius 2 is 1.64 bits per heavy atom. The summed E-state index contributed by atoms with van der Waals surface area (Å²) in [6.45, 7) is 0.735. The second kappa shape index (κ2) is 8.36. The lowest BCUT2D eigenvalue weighted by Crippen LogP contribution is -2.26. The Morgan fingerprint density at radius 3 is 2.32 bits per heavy atom. The average molecular weight is 388 g/mol. The van der Waals surface area contributed by atoms with Gasteiger partial charge < -0.3 is 10.1 Å². The van der Waals surface area contributed by atoms with Gasteiger partial charge in [-0.05, 0) is 39.9 Å². The van der Waals surface area contributed by atoms with E-state index < -0.39 is 6.09 Å². The molecule has 3 aromatic rings. The van der Waals surface area contributed by atoms with Crippen LogP contribution in [0.4, 0.5) is 4.79 Å². The van der Waals surface area contributed by atoms with Gasteiger partial charge in [0.05, 0.1) is 0 Å². The second-order valence-corrected chi connectivity index (χ2v) is 7.22. The fourth-order valence-corrected chi connectivity index (χ4v) is 3.85. The minimum absolute atomic E-state index is 0.0758. The Labute approximate surface area is 170 Å². The Bertz CT molecular complexity index is 983. The summed E-state index contributed by atoms with van der Waals surface area (Å²) in [6.07, 6.45) is 3.43. The predicted octanol–water partition coefficient (Wildman–Crippen LogP) is 5.53. The molecular formula is C24H21NO2S. The molecule has 0 spiro atoms. The van der Waals surface area contributed by atoms with Gasteiger partial charge in [0.25, 0.3) is 0 Å². The lowest BCUT2D eigenvalue weighted by Gasteiger charge is -2.14. The van der Waals surface area contributed by atoms with Crippen molar-refractivity contribution in [2.24, 2.45) is 0 Å². The number of alkyl carbamates (subject to hydrolysis) is 1. The van der Waals surface area contributed by atoms with Crippen LogP contribution in [0.5, 0.6) is 0 Å².